The van der Waals surface area contributed by atoms with Crippen LogP contribution in [0.1, 0.15) is 77.3 Å². The first-order chi connectivity index (χ1) is 47.8. The number of aliphatic hydroxyl groups excluding tert-OH is 2. The van der Waals surface area contributed by atoms with Crippen molar-refractivity contribution in [1.82, 2.24) is 29.7 Å². The lowest BCUT2D eigenvalue weighted by molar-refractivity contribution is -0.116. The summed E-state index contributed by atoms with van der Waals surface area (Å²) in [6.45, 7) is -3.10. The summed E-state index contributed by atoms with van der Waals surface area (Å²) in [7, 11) is -14.6. The third-order valence-corrected chi connectivity index (χ3v) is 18.2. The van der Waals surface area contributed by atoms with Gasteiger partial charge in [0.1, 0.15) is 48.1 Å². The molecular formula is C61H78N7O29P3. The number of amides is 2. The minimum Gasteiger partial charge on any atom is -0.508 e. The molecule has 2 aromatic heterocycles. The van der Waals surface area contributed by atoms with Crippen LogP contribution in [0.2, 0.25) is 0 Å². The van der Waals surface area contributed by atoms with Crippen molar-refractivity contribution >= 4 is 74.7 Å². The molecule has 13 N–H and O–H groups in total. The molecule has 36 nitrogen and oxygen atoms in total. The van der Waals surface area contributed by atoms with Crippen LogP contribution in [0.15, 0.2) is 99.6 Å². The largest absolute Gasteiger partial charge is 0.508 e. The van der Waals surface area contributed by atoms with Crippen LogP contribution in [-0.2, 0) is 74.1 Å². The number of carbonyl (C=O) groups is 3. The number of aromatic amines is 1. The van der Waals surface area contributed by atoms with E-state index in [1.54, 1.807) is 18.2 Å². The van der Waals surface area contributed by atoms with Crippen molar-refractivity contribution in [3.8, 4) is 22.6 Å². The Morgan fingerprint density at radius 2 is 1.21 bits per heavy atom. The van der Waals surface area contributed by atoms with E-state index in [1.807, 2.05) is 0 Å². The van der Waals surface area contributed by atoms with Gasteiger partial charge in [-0.3, -0.25) is 55.6 Å². The van der Waals surface area contributed by atoms with E-state index in [4.69, 9.17) is 66.4 Å². The van der Waals surface area contributed by atoms with Gasteiger partial charge in [-0.1, -0.05) is 25.0 Å². The molecule has 39 heteroatoms. The van der Waals surface area contributed by atoms with Gasteiger partial charge in [0.15, 0.2) is 0 Å². The number of phenolic OH excluding ortho intramolecular Hbond substituents is 2. The number of nitrogen functional groups attached to an aromatic ring is 1. The number of hydrogen-bond donors (Lipinski definition) is 12. The Morgan fingerprint density at radius 1 is 0.660 bits per heavy atom. The van der Waals surface area contributed by atoms with Gasteiger partial charge < -0.3 is 85.0 Å². The third kappa shape index (κ3) is 23.5. The molecule has 2 fully saturated rings. The standard InChI is InChI=1S/C61H78N7O29P3/c62-52-13-16-67(60(78)65-52)54-33-48(72)50(95-54)36-93-98(80,81)90-26-24-88-21-22-89-25-28-92-100(84,85)97-49-34-55(96-51(49)37-94-99(82,83)91-27-23-87-20-19-86-18-17-69)68-35-39(58(75)66-61(68)79)6-12-53(73)63-14-3-1-2-4-15-64-57(74)38-5-9-46(59(76)77)47(32-38)56-44-10-7-42(70)30-40(44)29-41-31-43(71)8-11-45(41)56/h5-13,16,29-32,35,48-51,54-55,69-72H,1-4,14-15,17-28,33-34,36-37H2,(H,63,73)(H,64,74)(H,76,77)(H,80,81)(H,82,83)(H,84,85)(H2,62,65,78)(H,66,75,79)/t48?,49?,50-,51-,54-,55-/m1/s1. The normalized spacial score (nSPS) is 19.6. The number of aromatic carboxylic acids is 1. The van der Waals surface area contributed by atoms with Gasteiger partial charge in [-0.2, -0.15) is 4.98 Å². The summed E-state index contributed by atoms with van der Waals surface area (Å²) in [6.07, 6.45) is -1.15. The number of hydrogen-bond acceptors (Lipinski definition) is 27. The van der Waals surface area contributed by atoms with Gasteiger partial charge in [0.05, 0.1) is 110 Å². The first-order valence-corrected chi connectivity index (χ1v) is 35.8. The molecule has 2 amide bonds. The fourth-order valence-electron chi connectivity index (χ4n) is 10.4. The number of phosphoric acid groups is 3. The lowest BCUT2D eigenvalue weighted by Crippen LogP contribution is -2.33. The number of benzene rings is 4. The number of carboxylic acid groups (broad SMARTS) is 1. The minimum absolute atomic E-state index is 0.0124. The number of nitrogens with zero attached hydrogens (tertiary/aromatic N) is 3. The predicted molar refractivity (Wildman–Crippen MR) is 352 cm³/mol. The molecule has 0 radical (unpaired) electrons. The Labute approximate surface area is 568 Å². The highest BCUT2D eigenvalue weighted by Crippen LogP contribution is 2.50. The zero-order valence-corrected chi connectivity index (χ0v) is 56.3. The summed E-state index contributed by atoms with van der Waals surface area (Å²) in [5.74, 6) is -2.32. The van der Waals surface area contributed by atoms with Gasteiger partial charge in [-0.25, -0.2) is 28.1 Å². The van der Waals surface area contributed by atoms with E-state index in [1.165, 1.54) is 54.7 Å². The second-order valence-corrected chi connectivity index (χ2v) is 26.6. The van der Waals surface area contributed by atoms with E-state index in [0.29, 0.717) is 52.8 Å². The van der Waals surface area contributed by atoms with Crippen LogP contribution < -0.4 is 33.3 Å². The number of aromatic hydroxyl groups is 2. The lowest BCUT2D eigenvalue weighted by atomic mass is 9.88. The monoisotopic (exact) mass is 1470 g/mol. The highest BCUT2D eigenvalue weighted by molar-refractivity contribution is 7.48. The number of carboxylic acids is 1. The van der Waals surface area contributed by atoms with Gasteiger partial charge in [-0.15, -0.1) is 0 Å². The van der Waals surface area contributed by atoms with Crippen molar-refractivity contribution in [2.45, 2.75) is 75.4 Å². The smallest absolute Gasteiger partial charge is 0.472 e. The molecule has 9 atom stereocenters. The second-order valence-electron chi connectivity index (χ2n) is 22.3. The molecule has 100 heavy (non-hydrogen) atoms. The first-order valence-electron chi connectivity index (χ1n) is 31.3. The number of nitrogens with one attached hydrogen (secondary N) is 3. The van der Waals surface area contributed by atoms with Crippen molar-refractivity contribution in [2.75, 3.05) is 111 Å². The van der Waals surface area contributed by atoms with E-state index < -0.39 is 135 Å². The number of rotatable bonds is 42. The molecule has 2 aliphatic rings. The summed E-state index contributed by atoms with van der Waals surface area (Å²) in [6, 6.07) is 16.7. The van der Waals surface area contributed by atoms with Gasteiger partial charge in [-0.05, 0) is 106 Å². The molecule has 5 unspecified atom stereocenters. The summed E-state index contributed by atoms with van der Waals surface area (Å²) in [5, 5.41) is 57.9. The molecule has 0 aliphatic carbocycles. The van der Waals surface area contributed by atoms with Gasteiger partial charge in [0, 0.05) is 50.0 Å². The van der Waals surface area contributed by atoms with Crippen molar-refractivity contribution in [2.24, 2.45) is 0 Å². The molecule has 8 rings (SSSR count). The molecule has 0 bridgehead atoms. The average Bonchev–Trinajstić information content (AvgIpc) is 0.917. The van der Waals surface area contributed by atoms with E-state index >= 15 is 0 Å². The van der Waals surface area contributed by atoms with Crippen molar-refractivity contribution in [1.29, 1.82) is 0 Å². The molecule has 4 heterocycles. The van der Waals surface area contributed by atoms with E-state index in [-0.39, 0.29) is 119 Å². The molecule has 2 saturated heterocycles. The Hall–Kier alpha value is -7.48. The molecule has 4 aromatic carbocycles. The number of nitrogens with two attached hydrogens (primary N) is 1. The molecule has 6 aromatic rings. The summed E-state index contributed by atoms with van der Waals surface area (Å²) >= 11 is 0. The Bertz CT molecular complexity index is 4100. The Kier molecular flexibility index (Phi) is 29.3. The maximum atomic E-state index is 13.4. The first kappa shape index (κ1) is 78.2. The van der Waals surface area contributed by atoms with Crippen LogP contribution in [0.5, 0.6) is 11.5 Å². The predicted octanol–water partition coefficient (Wildman–Crippen LogP) is 3.34. The highest BCUT2D eigenvalue weighted by Gasteiger charge is 2.44. The molecule has 0 spiro atoms. The topological polar surface area (TPSA) is 515 Å². The number of phosphoric ester groups is 3. The number of carbonyl (C=O) groups excluding carboxylic acids is 2. The molecular weight excluding hydrogens is 1390 g/mol. The van der Waals surface area contributed by atoms with Gasteiger partial charge in [0.2, 0.25) is 5.91 Å². The Morgan fingerprint density at radius 3 is 1.80 bits per heavy atom. The number of unbranched alkanes of at least 4 members (excludes halogenated alkanes) is 3. The Balaban J connectivity index is 0.769. The van der Waals surface area contributed by atoms with Crippen molar-refractivity contribution < 1.29 is 124 Å². The summed E-state index contributed by atoms with van der Waals surface area (Å²) in [4.78, 5) is 114. The summed E-state index contributed by atoms with van der Waals surface area (Å²) in [5.41, 5.74) is 3.56. The van der Waals surface area contributed by atoms with Crippen LogP contribution in [0.3, 0.4) is 0 Å². The van der Waals surface area contributed by atoms with Crippen molar-refractivity contribution in [3.05, 3.63) is 133 Å². The van der Waals surface area contributed by atoms with Crippen LogP contribution in [0.25, 0.3) is 38.7 Å². The van der Waals surface area contributed by atoms with Crippen LogP contribution in [-0.4, -0.2) is 207 Å². The minimum atomic E-state index is -5.04. The van der Waals surface area contributed by atoms with Gasteiger partial charge in [0.25, 0.3) is 11.5 Å². The maximum Gasteiger partial charge on any atom is 0.472 e. The lowest BCUT2D eigenvalue weighted by Gasteiger charge is -2.22. The van der Waals surface area contributed by atoms with E-state index in [2.05, 4.69) is 20.6 Å². The third-order valence-electron chi connectivity index (χ3n) is 15.2. The van der Waals surface area contributed by atoms with Crippen molar-refractivity contribution in [3.63, 3.8) is 0 Å². The SMILES string of the molecule is Nc1ccn([C@H]2CC(O)[C@@H](COP(=O)(O)OCCOCCOCCOP(=O)(O)OC3C[C@H](n4cc(C=CC(=O)NCCCCCCNC(=O)c5ccc(C(=O)O)c(-c6c7ccc(O)cc7cc7cc(O)ccc67)c5)c(=O)[nH]c4=O)O[C@@H]3COP(=O)(O)OCCOCCOCCO)O2)c(=O)n1. The number of anilines is 1. The molecule has 0 saturated carbocycles. The fourth-order valence-corrected chi connectivity index (χ4v) is 12.8. The number of phenols is 2. The van der Waals surface area contributed by atoms with Crippen LogP contribution in [0.4, 0.5) is 5.82 Å². The van der Waals surface area contributed by atoms with Crippen LogP contribution in [0, 0.1) is 0 Å². The molecule has 2 aliphatic heterocycles. The fraction of sp³-hybridized carbons (Fsp3) is 0.459. The van der Waals surface area contributed by atoms with E-state index in [0.717, 1.165) is 27.5 Å². The zero-order valence-electron chi connectivity index (χ0n) is 53.6. The van der Waals surface area contributed by atoms with E-state index in [9.17, 15) is 77.6 Å². The number of aliphatic hydroxyl groups is 2. The quantitative estimate of drug-likeness (QED) is 0.0113. The van der Waals surface area contributed by atoms with Crippen LogP contribution >= 0.6 is 23.5 Å². The number of aromatic nitrogens is 4. The number of H-pyrrole nitrogens is 1. The molecule has 546 valence electrons. The summed E-state index contributed by atoms with van der Waals surface area (Å²) < 4.78 is 104. The second kappa shape index (κ2) is 37.4. The van der Waals surface area contributed by atoms with Gasteiger partial charge >= 0.3 is 40.8 Å². The zero-order chi connectivity index (χ0) is 72.0. The maximum absolute atomic E-state index is 13.4. The number of fused-ring (bicyclic) bond motifs is 2. The number of ether oxygens (including phenoxy) is 6. The highest BCUT2D eigenvalue weighted by atomic mass is 31.2. The average molecular weight is 1470 g/mol.